The van der Waals surface area contributed by atoms with Crippen LogP contribution >= 0.6 is 0 Å². The summed E-state index contributed by atoms with van der Waals surface area (Å²) in [6, 6.07) is 4.07. The van der Waals surface area contributed by atoms with Gasteiger partial charge in [0, 0.05) is 11.6 Å². The van der Waals surface area contributed by atoms with Crippen molar-refractivity contribution in [3.8, 4) is 0 Å². The zero-order valence-corrected chi connectivity index (χ0v) is 10.4. The van der Waals surface area contributed by atoms with Crippen molar-refractivity contribution in [2.24, 2.45) is 0 Å². The summed E-state index contributed by atoms with van der Waals surface area (Å²) in [4.78, 5) is 9.87. The van der Waals surface area contributed by atoms with E-state index < -0.39 is 16.4 Å². The Hall–Kier alpha value is -1.53. The molecule has 0 saturated heterocycles. The molecule has 0 unspecified atom stereocenters. The van der Waals surface area contributed by atoms with Crippen LogP contribution in [0.4, 0.5) is 10.1 Å². The highest BCUT2D eigenvalue weighted by atomic mass is 19.1. The minimum Gasteiger partial charge on any atom is -0.393 e. The Morgan fingerprint density at radius 3 is 2.68 bits per heavy atom. The Kier molecular flexibility index (Phi) is 4.44. The highest BCUT2D eigenvalue weighted by molar-refractivity contribution is 5.36. The summed E-state index contributed by atoms with van der Waals surface area (Å²) < 4.78 is 19.3. The molecule has 104 valence electrons. The molecular formula is C13H16FNO4. The zero-order valence-electron chi connectivity index (χ0n) is 10.4. The van der Waals surface area contributed by atoms with E-state index in [4.69, 9.17) is 4.74 Å². The van der Waals surface area contributed by atoms with E-state index in [0.29, 0.717) is 12.8 Å². The van der Waals surface area contributed by atoms with E-state index in [1.165, 1.54) is 12.1 Å². The van der Waals surface area contributed by atoms with Gasteiger partial charge in [-0.2, -0.15) is 4.39 Å². The second-order valence-electron chi connectivity index (χ2n) is 4.75. The van der Waals surface area contributed by atoms with Gasteiger partial charge in [0.1, 0.15) is 0 Å². The molecule has 0 spiro atoms. The van der Waals surface area contributed by atoms with Crippen molar-refractivity contribution in [2.45, 2.75) is 44.5 Å². The third-order valence-corrected chi connectivity index (χ3v) is 3.37. The van der Waals surface area contributed by atoms with Gasteiger partial charge in [-0.25, -0.2) is 0 Å². The molecule has 0 radical (unpaired) electrons. The molecule has 1 saturated carbocycles. The molecular weight excluding hydrogens is 253 g/mol. The number of rotatable bonds is 4. The van der Waals surface area contributed by atoms with E-state index in [0.717, 1.165) is 18.9 Å². The zero-order chi connectivity index (χ0) is 13.8. The van der Waals surface area contributed by atoms with Crippen molar-refractivity contribution in [1.29, 1.82) is 0 Å². The number of aliphatic hydroxyl groups is 1. The van der Waals surface area contributed by atoms with Gasteiger partial charge in [0.15, 0.2) is 0 Å². The standard InChI is InChI=1S/C13H16FNO4/c14-13-9(2-1-3-12(13)15(17)18)8-19-11-6-4-10(16)5-7-11/h1-3,10-11,16H,4-8H2. The van der Waals surface area contributed by atoms with Gasteiger partial charge in [-0.3, -0.25) is 10.1 Å². The molecule has 0 heterocycles. The maximum atomic E-state index is 13.8. The Morgan fingerprint density at radius 2 is 2.05 bits per heavy atom. The van der Waals surface area contributed by atoms with E-state index in [1.54, 1.807) is 0 Å². The minimum atomic E-state index is -0.830. The van der Waals surface area contributed by atoms with Crippen molar-refractivity contribution in [3.63, 3.8) is 0 Å². The van der Waals surface area contributed by atoms with Crippen LogP contribution in [0.25, 0.3) is 0 Å². The van der Waals surface area contributed by atoms with Gasteiger partial charge in [0.05, 0.1) is 23.7 Å². The average Bonchev–Trinajstić information content (AvgIpc) is 2.39. The summed E-state index contributed by atoms with van der Waals surface area (Å²) in [5, 5.41) is 20.0. The summed E-state index contributed by atoms with van der Waals surface area (Å²) >= 11 is 0. The van der Waals surface area contributed by atoms with Crippen LogP contribution < -0.4 is 0 Å². The lowest BCUT2D eigenvalue weighted by atomic mass is 9.95. The van der Waals surface area contributed by atoms with Crippen LogP contribution in [0.5, 0.6) is 0 Å². The fourth-order valence-electron chi connectivity index (χ4n) is 2.24. The Labute approximate surface area is 110 Å². The van der Waals surface area contributed by atoms with Gasteiger partial charge in [-0.05, 0) is 25.7 Å². The SMILES string of the molecule is O=[N+]([O-])c1cccc(COC2CCC(O)CC2)c1F. The number of benzene rings is 1. The van der Waals surface area contributed by atoms with Gasteiger partial charge in [-0.1, -0.05) is 12.1 Å². The number of ether oxygens (including phenoxy) is 1. The molecule has 1 fully saturated rings. The molecule has 0 aliphatic heterocycles. The highest BCUT2D eigenvalue weighted by Gasteiger charge is 2.22. The number of halogens is 1. The third-order valence-electron chi connectivity index (χ3n) is 3.37. The fourth-order valence-corrected chi connectivity index (χ4v) is 2.24. The number of nitro benzene ring substituents is 1. The lowest BCUT2D eigenvalue weighted by Crippen LogP contribution is -2.24. The molecule has 1 aliphatic rings. The summed E-state index contributed by atoms with van der Waals surface area (Å²) in [6.45, 7) is 0.0221. The molecule has 1 aromatic carbocycles. The molecule has 0 bridgehead atoms. The second kappa shape index (κ2) is 6.08. The van der Waals surface area contributed by atoms with Crippen LogP contribution in [0.2, 0.25) is 0 Å². The van der Waals surface area contributed by atoms with Crippen molar-refractivity contribution < 1.29 is 19.2 Å². The van der Waals surface area contributed by atoms with E-state index in [1.807, 2.05) is 0 Å². The average molecular weight is 269 g/mol. The molecule has 2 rings (SSSR count). The Balaban J connectivity index is 1.96. The van der Waals surface area contributed by atoms with Crippen molar-refractivity contribution in [3.05, 3.63) is 39.7 Å². The molecule has 19 heavy (non-hydrogen) atoms. The summed E-state index contributed by atoms with van der Waals surface area (Å²) in [7, 11) is 0. The first kappa shape index (κ1) is 13.9. The highest BCUT2D eigenvalue weighted by Crippen LogP contribution is 2.24. The van der Waals surface area contributed by atoms with Crippen molar-refractivity contribution in [2.75, 3.05) is 0 Å². The molecule has 1 N–H and O–H groups in total. The largest absolute Gasteiger partial charge is 0.393 e. The number of hydrogen-bond donors (Lipinski definition) is 1. The second-order valence-corrected chi connectivity index (χ2v) is 4.75. The van der Waals surface area contributed by atoms with Crippen molar-refractivity contribution in [1.82, 2.24) is 0 Å². The first-order valence-electron chi connectivity index (χ1n) is 6.29. The maximum Gasteiger partial charge on any atom is 0.305 e. The van der Waals surface area contributed by atoms with Crippen molar-refractivity contribution >= 4 is 5.69 Å². The molecule has 0 amide bonds. The van der Waals surface area contributed by atoms with E-state index in [2.05, 4.69) is 0 Å². The predicted octanol–water partition coefficient (Wildman–Crippen LogP) is 2.55. The Bertz CT molecular complexity index is 458. The third kappa shape index (κ3) is 3.48. The number of aliphatic hydroxyl groups excluding tert-OH is 1. The summed E-state index contributed by atoms with van der Waals surface area (Å²) in [6.07, 6.45) is 2.55. The van der Waals surface area contributed by atoms with Crippen LogP contribution in [0, 0.1) is 15.9 Å². The van der Waals surface area contributed by atoms with E-state index >= 15 is 0 Å². The van der Waals surface area contributed by atoms with E-state index in [-0.39, 0.29) is 24.4 Å². The van der Waals surface area contributed by atoms with Gasteiger partial charge >= 0.3 is 5.69 Å². The fraction of sp³-hybridized carbons (Fsp3) is 0.538. The molecule has 1 aromatic rings. The molecule has 5 nitrogen and oxygen atoms in total. The number of hydrogen-bond acceptors (Lipinski definition) is 4. The van der Waals surface area contributed by atoms with Crippen LogP contribution in [-0.2, 0) is 11.3 Å². The van der Waals surface area contributed by atoms with Gasteiger partial charge in [0.2, 0.25) is 5.82 Å². The van der Waals surface area contributed by atoms with Crippen LogP contribution in [-0.4, -0.2) is 22.2 Å². The van der Waals surface area contributed by atoms with Crippen LogP contribution in [0.15, 0.2) is 18.2 Å². The molecule has 6 heteroatoms. The monoisotopic (exact) mass is 269 g/mol. The smallest absolute Gasteiger partial charge is 0.305 e. The van der Waals surface area contributed by atoms with Gasteiger partial charge < -0.3 is 9.84 Å². The maximum absolute atomic E-state index is 13.8. The summed E-state index contributed by atoms with van der Waals surface area (Å²) in [5.74, 6) is -0.830. The topological polar surface area (TPSA) is 72.6 Å². The Morgan fingerprint density at radius 1 is 1.37 bits per heavy atom. The first-order valence-corrected chi connectivity index (χ1v) is 6.29. The molecule has 1 aliphatic carbocycles. The van der Waals surface area contributed by atoms with Gasteiger partial charge in [-0.15, -0.1) is 0 Å². The predicted molar refractivity (Wildman–Crippen MR) is 66.1 cm³/mol. The molecule has 0 aromatic heterocycles. The molecule has 0 atom stereocenters. The first-order chi connectivity index (χ1) is 9.08. The lowest BCUT2D eigenvalue weighted by molar-refractivity contribution is -0.387. The quantitative estimate of drug-likeness (QED) is 0.673. The van der Waals surface area contributed by atoms with Crippen LogP contribution in [0.3, 0.4) is 0 Å². The van der Waals surface area contributed by atoms with E-state index in [9.17, 15) is 19.6 Å². The summed E-state index contributed by atoms with van der Waals surface area (Å²) in [5.41, 5.74) is -0.333. The van der Waals surface area contributed by atoms with Gasteiger partial charge in [0.25, 0.3) is 0 Å². The minimum absolute atomic E-state index is 0.0120. The van der Waals surface area contributed by atoms with Crippen LogP contribution in [0.1, 0.15) is 31.2 Å². The number of nitro groups is 1. The number of nitrogens with zero attached hydrogens (tertiary/aromatic N) is 1. The normalized spacial score (nSPS) is 23.3. The lowest BCUT2D eigenvalue weighted by Gasteiger charge is -2.25.